The third-order valence-corrected chi connectivity index (χ3v) is 6.62. The molecule has 0 aliphatic carbocycles. The van der Waals surface area contributed by atoms with Crippen LogP contribution in [0.25, 0.3) is 22.5 Å². The number of fused-ring (bicyclic) bond motifs is 1. The molecule has 0 bridgehead atoms. The number of carbonyl (C=O) groups is 1. The van der Waals surface area contributed by atoms with Gasteiger partial charge in [-0.25, -0.2) is 18.7 Å². The van der Waals surface area contributed by atoms with E-state index in [0.717, 1.165) is 5.56 Å². The number of ether oxygens (including phenoxy) is 1. The lowest BCUT2D eigenvalue weighted by atomic mass is 9.96. The van der Waals surface area contributed by atoms with Gasteiger partial charge < -0.3 is 20.7 Å². The number of nitrogen functional groups attached to an aromatic ring is 1. The van der Waals surface area contributed by atoms with Gasteiger partial charge in [-0.15, -0.1) is 0 Å². The van der Waals surface area contributed by atoms with E-state index in [9.17, 15) is 4.79 Å². The van der Waals surface area contributed by atoms with E-state index in [1.165, 1.54) is 12.3 Å². The molecule has 0 radical (unpaired) electrons. The van der Waals surface area contributed by atoms with Crippen molar-refractivity contribution in [2.24, 2.45) is 5.92 Å². The molecule has 5 rings (SSSR count). The number of nitrogens with two attached hydrogens (primary N) is 1. The van der Waals surface area contributed by atoms with Crippen LogP contribution in [-0.4, -0.2) is 48.2 Å². The average Bonchev–Trinajstić information content (AvgIpc) is 2.86. The Morgan fingerprint density at radius 2 is 1.97 bits per heavy atom. The van der Waals surface area contributed by atoms with Crippen LogP contribution in [0.1, 0.15) is 29.8 Å². The number of rotatable bonds is 4. The number of anilines is 2. The van der Waals surface area contributed by atoms with E-state index in [4.69, 9.17) is 10.5 Å². The van der Waals surface area contributed by atoms with Gasteiger partial charge in [-0.05, 0) is 42.2 Å². The standard InChI is InChI=1S/C26H27F2N5O2/c1-14(2)21-13-33(9-10-35-21)20-6-5-18(22(27)23(20)28)19-12-31-25(29)24(32-19)16-3-4-17-15(11-16)7-8-30-26(17)34/h3-6,11-12,14,21H,7-10,13H2,1-2H3,(H2,29,31)(H,30,34). The Hall–Kier alpha value is -3.59. The first-order valence-corrected chi connectivity index (χ1v) is 11.7. The first kappa shape index (κ1) is 23.2. The van der Waals surface area contributed by atoms with Crippen LogP contribution in [0.4, 0.5) is 20.3 Å². The molecular formula is C26H27F2N5O2. The fraction of sp³-hybridized carbons (Fsp3) is 0.346. The van der Waals surface area contributed by atoms with E-state index in [-0.39, 0.29) is 40.7 Å². The maximum absolute atomic E-state index is 15.3. The molecule has 3 aromatic rings. The lowest BCUT2D eigenvalue weighted by Crippen LogP contribution is -2.45. The first-order valence-electron chi connectivity index (χ1n) is 11.7. The van der Waals surface area contributed by atoms with Crippen LogP contribution in [0.2, 0.25) is 0 Å². The number of nitrogens with one attached hydrogen (secondary N) is 1. The summed E-state index contributed by atoms with van der Waals surface area (Å²) in [6, 6.07) is 8.40. The van der Waals surface area contributed by atoms with Crippen molar-refractivity contribution in [3.63, 3.8) is 0 Å². The van der Waals surface area contributed by atoms with Gasteiger partial charge in [0.25, 0.3) is 5.91 Å². The van der Waals surface area contributed by atoms with E-state index < -0.39 is 11.6 Å². The Bertz CT molecular complexity index is 1300. The number of carbonyl (C=O) groups excluding carboxylic acids is 1. The van der Waals surface area contributed by atoms with Crippen molar-refractivity contribution in [3.05, 3.63) is 59.3 Å². The summed E-state index contributed by atoms with van der Waals surface area (Å²) in [6.07, 6.45) is 1.98. The van der Waals surface area contributed by atoms with E-state index in [1.54, 1.807) is 18.2 Å². The van der Waals surface area contributed by atoms with Crippen molar-refractivity contribution in [1.82, 2.24) is 15.3 Å². The SMILES string of the molecule is CC(C)C1CN(c2ccc(-c3cnc(N)c(-c4ccc5c(c4)CCNC5=O)n3)c(F)c2F)CCO1. The van der Waals surface area contributed by atoms with Gasteiger partial charge >= 0.3 is 0 Å². The molecule has 9 heteroatoms. The lowest BCUT2D eigenvalue weighted by molar-refractivity contribution is 0.0112. The fourth-order valence-corrected chi connectivity index (χ4v) is 4.59. The highest BCUT2D eigenvalue weighted by atomic mass is 19.2. The van der Waals surface area contributed by atoms with Gasteiger partial charge in [0.1, 0.15) is 11.5 Å². The molecule has 1 fully saturated rings. The minimum absolute atomic E-state index is 0.00556. The molecule has 0 spiro atoms. The van der Waals surface area contributed by atoms with E-state index in [2.05, 4.69) is 15.3 Å². The molecule has 1 saturated heterocycles. The molecule has 3 N–H and O–H groups in total. The van der Waals surface area contributed by atoms with E-state index >= 15 is 8.78 Å². The molecule has 182 valence electrons. The lowest BCUT2D eigenvalue weighted by Gasteiger charge is -2.36. The van der Waals surface area contributed by atoms with Gasteiger partial charge in [0.2, 0.25) is 0 Å². The second-order valence-electron chi connectivity index (χ2n) is 9.23. The Morgan fingerprint density at radius 3 is 2.77 bits per heavy atom. The Kier molecular flexibility index (Phi) is 6.10. The van der Waals surface area contributed by atoms with Gasteiger partial charge in [-0.2, -0.15) is 0 Å². The summed E-state index contributed by atoms with van der Waals surface area (Å²) >= 11 is 0. The zero-order valence-electron chi connectivity index (χ0n) is 19.6. The molecule has 1 aromatic heterocycles. The smallest absolute Gasteiger partial charge is 0.251 e. The van der Waals surface area contributed by atoms with Crippen LogP contribution >= 0.6 is 0 Å². The van der Waals surface area contributed by atoms with E-state index in [0.29, 0.717) is 49.5 Å². The number of morpholine rings is 1. The fourth-order valence-electron chi connectivity index (χ4n) is 4.59. The zero-order valence-corrected chi connectivity index (χ0v) is 19.6. The van der Waals surface area contributed by atoms with Gasteiger partial charge in [0, 0.05) is 36.3 Å². The third kappa shape index (κ3) is 4.32. The van der Waals surface area contributed by atoms with Gasteiger partial charge in [0.05, 0.1) is 30.3 Å². The molecule has 0 saturated carbocycles. The van der Waals surface area contributed by atoms with E-state index in [1.807, 2.05) is 24.8 Å². The van der Waals surface area contributed by atoms with Crippen LogP contribution in [-0.2, 0) is 11.2 Å². The summed E-state index contributed by atoms with van der Waals surface area (Å²) in [6.45, 7) is 6.08. The maximum atomic E-state index is 15.3. The average molecular weight is 480 g/mol. The molecule has 3 heterocycles. The van der Waals surface area contributed by atoms with Crippen molar-refractivity contribution in [2.75, 3.05) is 36.9 Å². The molecule has 2 aromatic carbocycles. The molecule has 7 nitrogen and oxygen atoms in total. The first-order chi connectivity index (χ1) is 16.8. The largest absolute Gasteiger partial charge is 0.382 e. The van der Waals surface area contributed by atoms with Gasteiger partial charge in [-0.3, -0.25) is 4.79 Å². The van der Waals surface area contributed by atoms with Crippen LogP contribution in [0, 0.1) is 17.6 Å². The van der Waals surface area contributed by atoms with Crippen LogP contribution in [0.5, 0.6) is 0 Å². The monoisotopic (exact) mass is 479 g/mol. The van der Waals surface area contributed by atoms with Crippen molar-refractivity contribution in [2.45, 2.75) is 26.4 Å². The van der Waals surface area contributed by atoms with Gasteiger partial charge in [0.15, 0.2) is 11.6 Å². The second kappa shape index (κ2) is 9.22. The zero-order chi connectivity index (χ0) is 24.7. The maximum Gasteiger partial charge on any atom is 0.251 e. The summed E-state index contributed by atoms with van der Waals surface area (Å²) in [7, 11) is 0. The molecule has 35 heavy (non-hydrogen) atoms. The predicted octanol–water partition coefficient (Wildman–Crippen LogP) is 3.82. The van der Waals surface area contributed by atoms with Crippen LogP contribution < -0.4 is 16.0 Å². The molecule has 2 aliphatic heterocycles. The summed E-state index contributed by atoms with van der Waals surface area (Å²) in [5.41, 5.74) is 8.98. The second-order valence-corrected chi connectivity index (χ2v) is 9.23. The summed E-state index contributed by atoms with van der Waals surface area (Å²) in [4.78, 5) is 22.6. The molecule has 1 unspecified atom stereocenters. The molecular weight excluding hydrogens is 452 g/mol. The normalized spacial score (nSPS) is 17.9. The predicted molar refractivity (Wildman–Crippen MR) is 130 cm³/mol. The number of hydrogen-bond acceptors (Lipinski definition) is 6. The van der Waals surface area contributed by atoms with Crippen molar-refractivity contribution in [3.8, 4) is 22.5 Å². The Morgan fingerprint density at radius 1 is 1.17 bits per heavy atom. The number of aromatic nitrogens is 2. The minimum atomic E-state index is -0.984. The minimum Gasteiger partial charge on any atom is -0.382 e. The molecule has 1 amide bonds. The van der Waals surface area contributed by atoms with Crippen molar-refractivity contribution in [1.29, 1.82) is 0 Å². The highest BCUT2D eigenvalue weighted by Gasteiger charge is 2.27. The number of halogens is 2. The van der Waals surface area contributed by atoms with Crippen LogP contribution in [0.3, 0.4) is 0 Å². The third-order valence-electron chi connectivity index (χ3n) is 6.62. The number of benzene rings is 2. The number of hydrogen-bond donors (Lipinski definition) is 2. The molecule has 2 aliphatic rings. The van der Waals surface area contributed by atoms with Crippen molar-refractivity contribution >= 4 is 17.4 Å². The summed E-state index contributed by atoms with van der Waals surface area (Å²) < 4.78 is 36.3. The Labute approximate surface area is 202 Å². The number of nitrogens with zero attached hydrogens (tertiary/aromatic N) is 3. The highest BCUT2D eigenvalue weighted by molar-refractivity contribution is 5.97. The summed E-state index contributed by atoms with van der Waals surface area (Å²) in [5, 5.41) is 2.81. The molecule has 1 atom stereocenters. The number of amides is 1. The topological polar surface area (TPSA) is 93.4 Å². The summed E-state index contributed by atoms with van der Waals surface area (Å²) in [5.74, 6) is -1.59. The van der Waals surface area contributed by atoms with Crippen LogP contribution in [0.15, 0.2) is 36.5 Å². The van der Waals surface area contributed by atoms with Crippen molar-refractivity contribution < 1.29 is 18.3 Å². The Balaban J connectivity index is 1.49. The van der Waals surface area contributed by atoms with Gasteiger partial charge in [-0.1, -0.05) is 19.9 Å². The quantitative estimate of drug-likeness (QED) is 0.591. The highest BCUT2D eigenvalue weighted by Crippen LogP contribution is 2.33.